The molecule has 0 bridgehead atoms. The summed E-state index contributed by atoms with van der Waals surface area (Å²) in [7, 11) is 0. The van der Waals surface area contributed by atoms with Crippen molar-refractivity contribution in [1.82, 2.24) is 4.90 Å². The van der Waals surface area contributed by atoms with Crippen molar-refractivity contribution in [1.29, 1.82) is 0 Å². The minimum atomic E-state index is -0.00909. The molecule has 0 amide bonds. The van der Waals surface area contributed by atoms with Crippen molar-refractivity contribution in [2.24, 2.45) is 0 Å². The molecule has 1 fully saturated rings. The number of rotatable bonds is 7. The van der Waals surface area contributed by atoms with Gasteiger partial charge < -0.3 is 4.74 Å². The van der Waals surface area contributed by atoms with Crippen LogP contribution in [0.1, 0.15) is 41.7 Å². The van der Waals surface area contributed by atoms with E-state index in [1.54, 1.807) is 0 Å². The Morgan fingerprint density at radius 3 is 1.93 bits per heavy atom. The van der Waals surface area contributed by atoms with Crippen LogP contribution in [0.25, 0.3) is 0 Å². The first kappa shape index (κ1) is 18.0. The van der Waals surface area contributed by atoms with Crippen molar-refractivity contribution in [3.05, 3.63) is 108 Å². The summed E-state index contributed by atoms with van der Waals surface area (Å²) in [4.78, 5) is 2.57. The summed E-state index contributed by atoms with van der Waals surface area (Å²) in [5, 5.41) is 0. The van der Waals surface area contributed by atoms with Gasteiger partial charge in [-0.2, -0.15) is 0 Å². The van der Waals surface area contributed by atoms with Crippen LogP contribution in [0.3, 0.4) is 0 Å². The number of nitrogens with zero attached hydrogens (tertiary/aromatic N) is 1. The predicted molar refractivity (Wildman–Crippen MR) is 111 cm³/mol. The Labute approximate surface area is 162 Å². The third-order valence-corrected chi connectivity index (χ3v) is 5.42. The number of hydrogen-bond donors (Lipinski definition) is 0. The van der Waals surface area contributed by atoms with E-state index in [2.05, 4.69) is 95.9 Å². The molecule has 1 saturated heterocycles. The molecule has 3 aromatic carbocycles. The number of benzene rings is 3. The molecule has 0 spiro atoms. The van der Waals surface area contributed by atoms with Gasteiger partial charge in [-0.3, -0.25) is 4.90 Å². The zero-order chi connectivity index (χ0) is 18.3. The highest BCUT2D eigenvalue weighted by atomic mass is 16.5. The van der Waals surface area contributed by atoms with E-state index in [9.17, 15) is 0 Å². The highest BCUT2D eigenvalue weighted by molar-refractivity contribution is 5.30. The Kier molecular flexibility index (Phi) is 5.98. The van der Waals surface area contributed by atoms with E-state index in [0.29, 0.717) is 6.04 Å². The second-order valence-corrected chi connectivity index (χ2v) is 7.18. The molecule has 0 aliphatic carbocycles. The minimum absolute atomic E-state index is 0.00909. The lowest BCUT2D eigenvalue weighted by atomic mass is 10.0. The summed E-state index contributed by atoms with van der Waals surface area (Å²) in [6.45, 7) is 2.86. The van der Waals surface area contributed by atoms with Crippen LogP contribution in [-0.4, -0.2) is 24.6 Å². The van der Waals surface area contributed by atoms with Crippen LogP contribution in [0.15, 0.2) is 91.0 Å². The van der Waals surface area contributed by atoms with Gasteiger partial charge in [-0.05, 0) is 36.1 Å². The lowest BCUT2D eigenvalue weighted by Crippen LogP contribution is -2.28. The molecule has 0 aromatic heterocycles. The van der Waals surface area contributed by atoms with E-state index in [4.69, 9.17) is 4.74 Å². The number of likely N-dealkylation sites (tertiary alicyclic amines) is 1. The molecule has 0 radical (unpaired) electrons. The van der Waals surface area contributed by atoms with Gasteiger partial charge in [0.15, 0.2) is 0 Å². The summed E-state index contributed by atoms with van der Waals surface area (Å²) < 4.78 is 6.42. The Balaban J connectivity index is 1.42. The largest absolute Gasteiger partial charge is 0.367 e. The highest BCUT2D eigenvalue weighted by Crippen LogP contribution is 2.32. The number of ether oxygens (including phenoxy) is 1. The molecule has 1 atom stereocenters. The van der Waals surface area contributed by atoms with Crippen molar-refractivity contribution in [3.8, 4) is 0 Å². The van der Waals surface area contributed by atoms with Crippen LogP contribution in [0.5, 0.6) is 0 Å². The molecule has 2 nitrogen and oxygen atoms in total. The molecule has 27 heavy (non-hydrogen) atoms. The smallest absolute Gasteiger partial charge is 0.108 e. The van der Waals surface area contributed by atoms with Crippen LogP contribution >= 0.6 is 0 Å². The molecule has 138 valence electrons. The van der Waals surface area contributed by atoms with Crippen molar-refractivity contribution in [2.45, 2.75) is 25.0 Å². The molecule has 4 rings (SSSR count). The fraction of sp³-hybridized carbons (Fsp3) is 0.280. The first-order chi connectivity index (χ1) is 13.4. The van der Waals surface area contributed by atoms with Gasteiger partial charge in [-0.15, -0.1) is 0 Å². The maximum Gasteiger partial charge on any atom is 0.108 e. The Bertz CT molecular complexity index is 764. The van der Waals surface area contributed by atoms with E-state index in [0.717, 1.165) is 19.7 Å². The van der Waals surface area contributed by atoms with E-state index in [-0.39, 0.29) is 6.10 Å². The quantitative estimate of drug-likeness (QED) is 0.543. The van der Waals surface area contributed by atoms with Gasteiger partial charge >= 0.3 is 0 Å². The number of hydrogen-bond acceptors (Lipinski definition) is 2. The summed E-state index contributed by atoms with van der Waals surface area (Å²) in [6.07, 6.45) is 2.50. The van der Waals surface area contributed by atoms with Gasteiger partial charge in [0.25, 0.3) is 0 Å². The van der Waals surface area contributed by atoms with Gasteiger partial charge in [-0.1, -0.05) is 91.0 Å². The second-order valence-electron chi connectivity index (χ2n) is 7.18. The van der Waals surface area contributed by atoms with E-state index in [1.807, 2.05) is 0 Å². The Morgan fingerprint density at radius 2 is 1.33 bits per heavy atom. The van der Waals surface area contributed by atoms with Crippen LogP contribution in [0.4, 0.5) is 0 Å². The highest BCUT2D eigenvalue weighted by Gasteiger charge is 2.25. The minimum Gasteiger partial charge on any atom is -0.367 e. The first-order valence-electron chi connectivity index (χ1n) is 9.92. The SMILES string of the molecule is c1ccc(C(OCCN2CCCC2c2ccccc2)c2ccccc2)cc1. The summed E-state index contributed by atoms with van der Waals surface area (Å²) in [6, 6.07) is 32.5. The first-order valence-corrected chi connectivity index (χ1v) is 9.92. The standard InChI is InChI=1S/C25H27NO/c1-4-11-21(12-5-1)24-17-10-18-26(24)19-20-27-25(22-13-6-2-7-14-22)23-15-8-3-9-16-23/h1-9,11-16,24-25H,10,17-20H2. The average Bonchev–Trinajstić information content (AvgIpc) is 3.22. The van der Waals surface area contributed by atoms with Crippen LogP contribution in [0, 0.1) is 0 Å². The predicted octanol–water partition coefficient (Wildman–Crippen LogP) is 5.63. The zero-order valence-corrected chi connectivity index (χ0v) is 15.7. The van der Waals surface area contributed by atoms with Gasteiger partial charge in [0, 0.05) is 12.6 Å². The Morgan fingerprint density at radius 1 is 0.778 bits per heavy atom. The lowest BCUT2D eigenvalue weighted by molar-refractivity contribution is 0.0570. The van der Waals surface area contributed by atoms with Gasteiger partial charge in [0.1, 0.15) is 6.10 Å². The van der Waals surface area contributed by atoms with E-state index in [1.165, 1.54) is 29.5 Å². The van der Waals surface area contributed by atoms with Crippen molar-refractivity contribution >= 4 is 0 Å². The van der Waals surface area contributed by atoms with E-state index >= 15 is 0 Å². The van der Waals surface area contributed by atoms with Crippen LogP contribution < -0.4 is 0 Å². The Hall–Kier alpha value is -2.42. The topological polar surface area (TPSA) is 12.5 Å². The van der Waals surface area contributed by atoms with E-state index < -0.39 is 0 Å². The molecular formula is C25H27NO. The molecule has 3 aromatic rings. The third-order valence-electron chi connectivity index (χ3n) is 5.42. The lowest BCUT2D eigenvalue weighted by Gasteiger charge is -2.26. The maximum absolute atomic E-state index is 6.42. The molecule has 1 unspecified atom stereocenters. The molecule has 2 heteroatoms. The molecule has 1 aliphatic heterocycles. The van der Waals surface area contributed by atoms with Crippen molar-refractivity contribution in [3.63, 3.8) is 0 Å². The van der Waals surface area contributed by atoms with Crippen molar-refractivity contribution in [2.75, 3.05) is 19.7 Å². The normalized spacial score (nSPS) is 17.4. The van der Waals surface area contributed by atoms with Gasteiger partial charge in [0.05, 0.1) is 6.61 Å². The molecule has 1 aliphatic rings. The van der Waals surface area contributed by atoms with Crippen molar-refractivity contribution < 1.29 is 4.74 Å². The van der Waals surface area contributed by atoms with Gasteiger partial charge in [-0.25, -0.2) is 0 Å². The average molecular weight is 357 g/mol. The summed E-state index contributed by atoms with van der Waals surface area (Å²) >= 11 is 0. The second kappa shape index (κ2) is 8.98. The third kappa shape index (κ3) is 4.47. The fourth-order valence-corrected chi connectivity index (χ4v) is 4.07. The molecular weight excluding hydrogens is 330 g/mol. The molecule has 1 heterocycles. The zero-order valence-electron chi connectivity index (χ0n) is 15.7. The van der Waals surface area contributed by atoms with Gasteiger partial charge in [0.2, 0.25) is 0 Å². The van der Waals surface area contributed by atoms with Crippen LogP contribution in [0.2, 0.25) is 0 Å². The summed E-state index contributed by atoms with van der Waals surface area (Å²) in [5.41, 5.74) is 3.85. The van der Waals surface area contributed by atoms with Crippen LogP contribution in [-0.2, 0) is 4.74 Å². The molecule has 0 saturated carbocycles. The summed E-state index contributed by atoms with van der Waals surface area (Å²) in [5.74, 6) is 0. The molecule has 0 N–H and O–H groups in total. The monoisotopic (exact) mass is 357 g/mol. The maximum atomic E-state index is 6.42. The fourth-order valence-electron chi connectivity index (χ4n) is 4.07.